The zero-order valence-electron chi connectivity index (χ0n) is 8.74. The van der Waals surface area contributed by atoms with Gasteiger partial charge in [0.2, 0.25) is 5.91 Å². The molecule has 1 aromatic rings. The summed E-state index contributed by atoms with van der Waals surface area (Å²) in [6.45, 7) is 2.07. The molecule has 1 saturated heterocycles. The zero-order valence-corrected chi connectivity index (χ0v) is 9.56. The fourth-order valence-electron chi connectivity index (χ4n) is 1.75. The van der Waals surface area contributed by atoms with Crippen LogP contribution in [-0.4, -0.2) is 23.1 Å². The summed E-state index contributed by atoms with van der Waals surface area (Å²) in [5.41, 5.74) is 0.374. The maximum atomic E-state index is 13.5. The summed E-state index contributed by atoms with van der Waals surface area (Å²) in [4.78, 5) is 12.9. The van der Waals surface area contributed by atoms with Gasteiger partial charge in [0.1, 0.15) is 17.0 Å². The van der Waals surface area contributed by atoms with E-state index in [4.69, 9.17) is 0 Å². The van der Waals surface area contributed by atoms with Gasteiger partial charge in [-0.1, -0.05) is 6.07 Å². The topological polar surface area (TPSA) is 20.3 Å². The molecule has 0 N–H and O–H groups in total. The maximum Gasteiger partial charge on any atom is 0.220 e. The van der Waals surface area contributed by atoms with Gasteiger partial charge in [-0.05, 0) is 6.07 Å². The number of rotatable bonds is 1. The second kappa shape index (κ2) is 4.41. The first-order valence-electron chi connectivity index (χ1n) is 4.93. The Bertz CT molecular complexity index is 424. The lowest BCUT2D eigenvalue weighted by atomic mass is 10.2. The maximum absolute atomic E-state index is 13.5. The monoisotopic (exact) mass is 243 g/mol. The Morgan fingerprint density at radius 2 is 2.25 bits per heavy atom. The van der Waals surface area contributed by atoms with Crippen molar-refractivity contribution in [2.24, 2.45) is 0 Å². The van der Waals surface area contributed by atoms with Gasteiger partial charge in [-0.15, -0.1) is 11.8 Å². The minimum Gasteiger partial charge on any atom is -0.326 e. The predicted octanol–water partition coefficient (Wildman–Crippen LogP) is 2.56. The smallest absolute Gasteiger partial charge is 0.220 e. The second-order valence-electron chi connectivity index (χ2n) is 3.60. The average Bonchev–Trinajstić information content (AvgIpc) is 2.66. The number of thioether (sulfide) groups is 1. The van der Waals surface area contributed by atoms with Crippen molar-refractivity contribution < 1.29 is 13.6 Å². The van der Waals surface area contributed by atoms with Crippen molar-refractivity contribution in [3.05, 3.63) is 35.4 Å². The Labute approximate surface area is 96.6 Å². The number of hydrogen-bond acceptors (Lipinski definition) is 2. The highest BCUT2D eigenvalue weighted by Crippen LogP contribution is 2.38. The van der Waals surface area contributed by atoms with Crippen molar-refractivity contribution in [1.82, 2.24) is 4.90 Å². The van der Waals surface area contributed by atoms with Crippen LogP contribution in [0.15, 0.2) is 18.2 Å². The molecule has 1 fully saturated rings. The van der Waals surface area contributed by atoms with Crippen molar-refractivity contribution in [3.8, 4) is 0 Å². The lowest BCUT2D eigenvalue weighted by molar-refractivity contribution is -0.128. The van der Waals surface area contributed by atoms with Crippen molar-refractivity contribution in [3.63, 3.8) is 0 Å². The fourth-order valence-corrected chi connectivity index (χ4v) is 3.08. The summed E-state index contributed by atoms with van der Waals surface area (Å²) in [7, 11) is 0. The summed E-state index contributed by atoms with van der Waals surface area (Å²) < 4.78 is 26.3. The molecule has 0 bridgehead atoms. The summed E-state index contributed by atoms with van der Waals surface area (Å²) in [6, 6.07) is 3.48. The van der Waals surface area contributed by atoms with E-state index >= 15 is 0 Å². The molecule has 86 valence electrons. The Hall–Kier alpha value is -1.10. The van der Waals surface area contributed by atoms with Crippen molar-refractivity contribution in [2.45, 2.75) is 12.3 Å². The molecule has 1 aromatic carbocycles. The van der Waals surface area contributed by atoms with Gasteiger partial charge in [0.15, 0.2) is 0 Å². The van der Waals surface area contributed by atoms with Gasteiger partial charge < -0.3 is 4.90 Å². The predicted molar refractivity (Wildman–Crippen MR) is 58.9 cm³/mol. The molecule has 0 radical (unpaired) electrons. The number of benzene rings is 1. The molecule has 2 nitrogen and oxygen atoms in total. The largest absolute Gasteiger partial charge is 0.326 e. The average molecular weight is 243 g/mol. The lowest BCUT2D eigenvalue weighted by Crippen LogP contribution is -2.28. The number of halogens is 2. The van der Waals surface area contributed by atoms with E-state index in [1.54, 1.807) is 4.90 Å². The van der Waals surface area contributed by atoms with Gasteiger partial charge in [-0.3, -0.25) is 4.79 Å². The zero-order chi connectivity index (χ0) is 11.7. The van der Waals surface area contributed by atoms with E-state index in [0.717, 1.165) is 11.8 Å². The van der Waals surface area contributed by atoms with Gasteiger partial charge in [0.25, 0.3) is 0 Å². The number of carbonyl (C=O) groups excluding carboxylic acids is 1. The van der Waals surface area contributed by atoms with Gasteiger partial charge in [0, 0.05) is 30.9 Å². The molecule has 5 heteroatoms. The first kappa shape index (κ1) is 11.4. The van der Waals surface area contributed by atoms with Crippen LogP contribution in [-0.2, 0) is 4.79 Å². The minimum absolute atomic E-state index is 0.0845. The van der Waals surface area contributed by atoms with Crippen molar-refractivity contribution in [2.75, 3.05) is 12.3 Å². The lowest BCUT2D eigenvalue weighted by Gasteiger charge is -2.22. The normalized spacial score (nSPS) is 20.2. The Morgan fingerprint density at radius 1 is 1.50 bits per heavy atom. The number of hydrogen-bond donors (Lipinski definition) is 0. The van der Waals surface area contributed by atoms with E-state index in [9.17, 15) is 13.6 Å². The third-order valence-electron chi connectivity index (χ3n) is 2.52. The highest BCUT2D eigenvalue weighted by Gasteiger charge is 2.30. The molecular weight excluding hydrogens is 232 g/mol. The molecule has 16 heavy (non-hydrogen) atoms. The molecule has 1 atom stereocenters. The standard InChI is InChI=1S/C11H11F2NOS/c1-7(15)14-4-5-16-11(14)9-3-2-8(12)6-10(9)13/h2-3,6,11H,4-5H2,1H3/t11-/m1/s1. The Balaban J connectivity index is 2.32. The molecule has 1 aliphatic rings. The van der Waals surface area contributed by atoms with E-state index in [1.165, 1.54) is 30.8 Å². The van der Waals surface area contributed by atoms with E-state index in [-0.39, 0.29) is 11.3 Å². The van der Waals surface area contributed by atoms with Crippen LogP contribution in [0.5, 0.6) is 0 Å². The molecule has 0 aromatic heterocycles. The van der Waals surface area contributed by atoms with E-state index in [0.29, 0.717) is 12.1 Å². The molecule has 0 saturated carbocycles. The third kappa shape index (κ3) is 2.04. The SMILES string of the molecule is CC(=O)N1CCS[C@@H]1c1ccc(F)cc1F. The van der Waals surface area contributed by atoms with E-state index in [1.807, 2.05) is 0 Å². The number of amides is 1. The quantitative estimate of drug-likeness (QED) is 0.755. The van der Waals surface area contributed by atoms with Gasteiger partial charge in [-0.25, -0.2) is 8.78 Å². The van der Waals surface area contributed by atoms with Crippen LogP contribution >= 0.6 is 11.8 Å². The van der Waals surface area contributed by atoms with Gasteiger partial charge >= 0.3 is 0 Å². The highest BCUT2D eigenvalue weighted by molar-refractivity contribution is 7.99. The minimum atomic E-state index is -0.598. The summed E-state index contributed by atoms with van der Waals surface area (Å²) in [5.74, 6) is -0.496. The molecule has 1 amide bonds. The first-order chi connectivity index (χ1) is 7.59. The highest BCUT2D eigenvalue weighted by atomic mass is 32.2. The molecule has 2 rings (SSSR count). The van der Waals surface area contributed by atoms with Crippen LogP contribution in [0, 0.1) is 11.6 Å². The first-order valence-corrected chi connectivity index (χ1v) is 5.98. The van der Waals surface area contributed by atoms with Crippen LogP contribution in [0.4, 0.5) is 8.78 Å². The molecule has 0 unspecified atom stereocenters. The molecule has 0 aliphatic carbocycles. The van der Waals surface area contributed by atoms with E-state index in [2.05, 4.69) is 0 Å². The van der Waals surface area contributed by atoms with Gasteiger partial charge in [0.05, 0.1) is 0 Å². The number of carbonyl (C=O) groups is 1. The fraction of sp³-hybridized carbons (Fsp3) is 0.364. The molecule has 1 aliphatic heterocycles. The molecule has 0 spiro atoms. The van der Waals surface area contributed by atoms with Crippen LogP contribution in [0.25, 0.3) is 0 Å². The van der Waals surface area contributed by atoms with Crippen molar-refractivity contribution in [1.29, 1.82) is 0 Å². The number of nitrogens with zero attached hydrogens (tertiary/aromatic N) is 1. The van der Waals surface area contributed by atoms with Crippen molar-refractivity contribution >= 4 is 17.7 Å². The van der Waals surface area contributed by atoms with Gasteiger partial charge in [-0.2, -0.15) is 0 Å². The van der Waals surface area contributed by atoms with Crippen LogP contribution in [0.1, 0.15) is 17.9 Å². The second-order valence-corrected chi connectivity index (χ2v) is 4.79. The van der Waals surface area contributed by atoms with E-state index < -0.39 is 11.6 Å². The van der Waals surface area contributed by atoms with Crippen LogP contribution < -0.4 is 0 Å². The summed E-state index contributed by atoms with van der Waals surface area (Å²) in [6.07, 6.45) is 0. The van der Waals surface area contributed by atoms with Crippen LogP contribution in [0.3, 0.4) is 0 Å². The summed E-state index contributed by atoms with van der Waals surface area (Å²) >= 11 is 1.49. The Morgan fingerprint density at radius 3 is 2.88 bits per heavy atom. The third-order valence-corrected chi connectivity index (χ3v) is 3.77. The Kier molecular flexibility index (Phi) is 3.14. The van der Waals surface area contributed by atoms with Crippen LogP contribution in [0.2, 0.25) is 0 Å². The summed E-state index contributed by atoms with van der Waals surface area (Å²) in [5, 5.41) is -0.321. The molecular formula is C11H11F2NOS. The molecule has 1 heterocycles.